The molecule has 0 saturated heterocycles. The first kappa shape index (κ1) is 17.3. The maximum Gasteiger partial charge on any atom is 0.333 e. The number of aryl methyl sites for hydroxylation is 2. The number of benzene rings is 1. The SMILES string of the molecule is CCc1nn(C)c(NCC2(c3ccccc3OC)CCC2)c1[N+](=O)[O-]. The summed E-state index contributed by atoms with van der Waals surface area (Å²) in [6.45, 7) is 2.50. The number of nitro groups is 1. The molecule has 1 aromatic carbocycles. The minimum absolute atomic E-state index is 0.0584. The quantitative estimate of drug-likeness (QED) is 0.614. The van der Waals surface area contributed by atoms with Crippen molar-refractivity contribution >= 4 is 11.5 Å². The second-order valence-electron chi connectivity index (χ2n) is 6.57. The Hall–Kier alpha value is -2.57. The van der Waals surface area contributed by atoms with Gasteiger partial charge in [0.05, 0.1) is 12.0 Å². The lowest BCUT2D eigenvalue weighted by atomic mass is 9.64. The Labute approximate surface area is 147 Å². The topological polar surface area (TPSA) is 82.2 Å². The van der Waals surface area contributed by atoms with Crippen LogP contribution in [0.3, 0.4) is 0 Å². The summed E-state index contributed by atoms with van der Waals surface area (Å²) in [5, 5.41) is 19.1. The Morgan fingerprint density at radius 3 is 2.68 bits per heavy atom. The number of methoxy groups -OCH3 is 1. The van der Waals surface area contributed by atoms with Gasteiger partial charge in [0, 0.05) is 24.6 Å². The molecule has 0 atom stereocenters. The highest BCUT2D eigenvalue weighted by atomic mass is 16.6. The van der Waals surface area contributed by atoms with Crippen LogP contribution >= 0.6 is 0 Å². The van der Waals surface area contributed by atoms with E-state index >= 15 is 0 Å². The first-order valence-electron chi connectivity index (χ1n) is 8.60. The molecular weight excluding hydrogens is 320 g/mol. The van der Waals surface area contributed by atoms with Crippen molar-refractivity contribution in [2.75, 3.05) is 19.0 Å². The Balaban J connectivity index is 1.90. The smallest absolute Gasteiger partial charge is 0.333 e. The van der Waals surface area contributed by atoms with Gasteiger partial charge in [-0.1, -0.05) is 31.5 Å². The highest BCUT2D eigenvalue weighted by molar-refractivity contribution is 5.60. The van der Waals surface area contributed by atoms with Gasteiger partial charge in [-0.15, -0.1) is 0 Å². The van der Waals surface area contributed by atoms with Crippen molar-refractivity contribution in [2.24, 2.45) is 7.05 Å². The zero-order valence-electron chi connectivity index (χ0n) is 14.9. The minimum Gasteiger partial charge on any atom is -0.496 e. The molecule has 134 valence electrons. The van der Waals surface area contributed by atoms with E-state index in [1.807, 2.05) is 25.1 Å². The van der Waals surface area contributed by atoms with E-state index in [-0.39, 0.29) is 16.0 Å². The van der Waals surface area contributed by atoms with Gasteiger partial charge < -0.3 is 10.1 Å². The summed E-state index contributed by atoms with van der Waals surface area (Å²) in [6, 6.07) is 8.03. The average molecular weight is 344 g/mol. The highest BCUT2D eigenvalue weighted by Gasteiger charge is 2.41. The number of ether oxygens (including phenoxy) is 1. The Morgan fingerprint density at radius 1 is 1.40 bits per heavy atom. The number of anilines is 1. The standard InChI is InChI=1S/C18H24N4O3/c1-4-14-16(22(23)24)17(21(2)20-14)19-12-18(10-7-11-18)13-8-5-6-9-15(13)25-3/h5-6,8-9,19H,4,7,10-12H2,1-3H3. The third-order valence-electron chi connectivity index (χ3n) is 5.19. The number of hydrogen-bond acceptors (Lipinski definition) is 5. The van der Waals surface area contributed by atoms with Crippen LogP contribution in [0.1, 0.15) is 37.4 Å². The number of para-hydroxylation sites is 1. The molecule has 7 nitrogen and oxygen atoms in total. The van der Waals surface area contributed by atoms with Gasteiger partial charge in [-0.3, -0.25) is 10.1 Å². The lowest BCUT2D eigenvalue weighted by Crippen LogP contribution is -2.41. The molecule has 1 saturated carbocycles. The van der Waals surface area contributed by atoms with E-state index in [0.29, 0.717) is 24.5 Å². The second kappa shape index (κ2) is 6.74. The minimum atomic E-state index is -0.343. The Morgan fingerprint density at radius 2 is 2.12 bits per heavy atom. The van der Waals surface area contributed by atoms with Gasteiger partial charge >= 0.3 is 5.69 Å². The van der Waals surface area contributed by atoms with Crippen LogP contribution in [0, 0.1) is 10.1 Å². The van der Waals surface area contributed by atoms with Crippen molar-refractivity contribution < 1.29 is 9.66 Å². The fraction of sp³-hybridized carbons (Fsp3) is 0.500. The highest BCUT2D eigenvalue weighted by Crippen LogP contribution is 2.47. The molecular formula is C18H24N4O3. The number of hydrogen-bond donors (Lipinski definition) is 1. The van der Waals surface area contributed by atoms with Crippen LogP contribution in [0.15, 0.2) is 24.3 Å². The van der Waals surface area contributed by atoms with Crippen molar-refractivity contribution in [1.29, 1.82) is 0 Å². The van der Waals surface area contributed by atoms with E-state index in [4.69, 9.17) is 4.74 Å². The average Bonchev–Trinajstić information content (AvgIpc) is 2.90. The normalized spacial score (nSPS) is 15.5. The summed E-state index contributed by atoms with van der Waals surface area (Å²) in [5.74, 6) is 1.35. The van der Waals surface area contributed by atoms with Crippen LogP contribution in [-0.2, 0) is 18.9 Å². The molecule has 0 unspecified atom stereocenters. The summed E-state index contributed by atoms with van der Waals surface area (Å²) < 4.78 is 7.11. The van der Waals surface area contributed by atoms with E-state index in [9.17, 15) is 10.1 Å². The van der Waals surface area contributed by atoms with Gasteiger partial charge in [-0.25, -0.2) is 4.68 Å². The van der Waals surface area contributed by atoms with Crippen molar-refractivity contribution in [3.8, 4) is 5.75 Å². The van der Waals surface area contributed by atoms with Crippen molar-refractivity contribution in [3.63, 3.8) is 0 Å². The fourth-order valence-electron chi connectivity index (χ4n) is 3.68. The molecule has 7 heteroatoms. The second-order valence-corrected chi connectivity index (χ2v) is 6.57. The van der Waals surface area contributed by atoms with Crippen molar-refractivity contribution in [3.05, 3.63) is 45.6 Å². The molecule has 1 fully saturated rings. The molecule has 0 aliphatic heterocycles. The van der Waals surface area contributed by atoms with Crippen LogP contribution in [0.25, 0.3) is 0 Å². The predicted molar refractivity (Wildman–Crippen MR) is 96.3 cm³/mol. The molecule has 3 rings (SSSR count). The van der Waals surface area contributed by atoms with Gasteiger partial charge in [-0.2, -0.15) is 5.10 Å². The van der Waals surface area contributed by atoms with Crippen molar-refractivity contribution in [1.82, 2.24) is 9.78 Å². The molecule has 1 N–H and O–H groups in total. The monoisotopic (exact) mass is 344 g/mol. The predicted octanol–water partition coefficient (Wildman–Crippen LogP) is 3.43. The third-order valence-corrected chi connectivity index (χ3v) is 5.19. The molecule has 1 aromatic heterocycles. The first-order valence-corrected chi connectivity index (χ1v) is 8.60. The zero-order chi connectivity index (χ0) is 18.0. The summed E-state index contributed by atoms with van der Waals surface area (Å²) in [5.41, 5.74) is 1.70. The van der Waals surface area contributed by atoms with Crippen molar-refractivity contribution in [2.45, 2.75) is 38.0 Å². The molecule has 1 aliphatic rings. The van der Waals surface area contributed by atoms with Gasteiger partial charge in [0.1, 0.15) is 11.4 Å². The molecule has 0 amide bonds. The van der Waals surface area contributed by atoms with E-state index in [2.05, 4.69) is 16.5 Å². The molecule has 0 radical (unpaired) electrons. The van der Waals surface area contributed by atoms with Crippen LogP contribution in [0.4, 0.5) is 11.5 Å². The van der Waals surface area contributed by atoms with Crippen LogP contribution < -0.4 is 10.1 Å². The number of rotatable bonds is 7. The molecule has 2 aromatic rings. The van der Waals surface area contributed by atoms with E-state index in [1.54, 1.807) is 18.8 Å². The molecule has 1 heterocycles. The molecule has 0 bridgehead atoms. The lowest BCUT2D eigenvalue weighted by molar-refractivity contribution is -0.384. The maximum absolute atomic E-state index is 11.5. The van der Waals surface area contributed by atoms with Crippen LogP contribution in [0.2, 0.25) is 0 Å². The molecule has 25 heavy (non-hydrogen) atoms. The first-order chi connectivity index (χ1) is 12.0. The summed E-state index contributed by atoms with van der Waals surface area (Å²) in [4.78, 5) is 11.1. The molecule has 0 spiro atoms. The molecule has 1 aliphatic carbocycles. The number of nitrogens with zero attached hydrogens (tertiary/aromatic N) is 3. The van der Waals surface area contributed by atoms with Gasteiger partial charge in [0.15, 0.2) is 0 Å². The Bertz CT molecular complexity index is 781. The van der Waals surface area contributed by atoms with Gasteiger partial charge in [-0.05, 0) is 25.3 Å². The number of nitrogens with one attached hydrogen (secondary N) is 1. The van der Waals surface area contributed by atoms with E-state index in [0.717, 1.165) is 30.6 Å². The summed E-state index contributed by atoms with van der Waals surface area (Å²) in [7, 11) is 3.42. The lowest BCUT2D eigenvalue weighted by Gasteiger charge is -2.43. The largest absolute Gasteiger partial charge is 0.496 e. The van der Waals surface area contributed by atoms with E-state index < -0.39 is 0 Å². The Kier molecular flexibility index (Phi) is 4.65. The fourth-order valence-corrected chi connectivity index (χ4v) is 3.68. The third kappa shape index (κ3) is 2.94. The van der Waals surface area contributed by atoms with Crippen LogP contribution in [0.5, 0.6) is 5.75 Å². The summed E-state index contributed by atoms with van der Waals surface area (Å²) in [6.07, 6.45) is 3.75. The van der Waals surface area contributed by atoms with E-state index in [1.165, 1.54) is 0 Å². The van der Waals surface area contributed by atoms with Gasteiger partial charge in [0.2, 0.25) is 5.82 Å². The zero-order valence-corrected chi connectivity index (χ0v) is 14.9. The van der Waals surface area contributed by atoms with Crippen LogP contribution in [-0.4, -0.2) is 28.4 Å². The number of aromatic nitrogens is 2. The summed E-state index contributed by atoms with van der Waals surface area (Å²) >= 11 is 0. The maximum atomic E-state index is 11.5. The van der Waals surface area contributed by atoms with Gasteiger partial charge in [0.25, 0.3) is 0 Å².